The van der Waals surface area contributed by atoms with E-state index < -0.39 is 0 Å². The van der Waals surface area contributed by atoms with Gasteiger partial charge in [0.05, 0.1) is 6.61 Å². The van der Waals surface area contributed by atoms with Gasteiger partial charge in [-0.3, -0.25) is 5.32 Å². The molecule has 1 fully saturated rings. The lowest BCUT2D eigenvalue weighted by molar-refractivity contribution is -0.0237. The molecule has 1 aliphatic rings. The maximum atomic E-state index is 6.13. The molecule has 1 N–H and O–H groups in total. The molecule has 0 amide bonds. The van der Waals surface area contributed by atoms with E-state index in [-0.39, 0.29) is 11.3 Å². The van der Waals surface area contributed by atoms with Crippen LogP contribution in [0.4, 0.5) is 0 Å². The van der Waals surface area contributed by atoms with Gasteiger partial charge in [0.1, 0.15) is 5.72 Å². The third-order valence-electron chi connectivity index (χ3n) is 3.34. The Morgan fingerprint density at radius 2 is 1.94 bits per heavy atom. The van der Waals surface area contributed by atoms with E-state index in [0.717, 1.165) is 13.0 Å². The van der Waals surface area contributed by atoms with Crippen molar-refractivity contribution in [2.45, 2.75) is 51.3 Å². The smallest absolute Gasteiger partial charge is 0.145 e. The highest BCUT2D eigenvalue weighted by Crippen LogP contribution is 2.36. The largest absolute Gasteiger partial charge is 0.354 e. The second-order valence-corrected chi connectivity index (χ2v) is 5.59. The summed E-state index contributed by atoms with van der Waals surface area (Å²) in [6, 6.07) is 10.5. The van der Waals surface area contributed by atoms with Crippen molar-refractivity contribution >= 4 is 0 Å². The third kappa shape index (κ3) is 2.70. The molecule has 2 heteroatoms. The molecule has 0 bridgehead atoms. The Morgan fingerprint density at radius 1 is 1.24 bits per heavy atom. The molecule has 94 valence electrons. The fourth-order valence-electron chi connectivity index (χ4n) is 2.49. The number of benzene rings is 1. The van der Waals surface area contributed by atoms with Crippen molar-refractivity contribution in [3.05, 3.63) is 35.9 Å². The Kier molecular flexibility index (Phi) is 3.55. The number of rotatable bonds is 4. The summed E-state index contributed by atoms with van der Waals surface area (Å²) in [6.45, 7) is 7.39. The van der Waals surface area contributed by atoms with Crippen molar-refractivity contribution in [3.63, 3.8) is 0 Å². The van der Waals surface area contributed by atoms with E-state index in [0.29, 0.717) is 0 Å². The predicted octanol–water partition coefficient (Wildman–Crippen LogP) is 3.43. The first-order valence-corrected chi connectivity index (χ1v) is 6.57. The molecule has 0 radical (unpaired) electrons. The maximum Gasteiger partial charge on any atom is 0.145 e. The van der Waals surface area contributed by atoms with Crippen LogP contribution in [0, 0.1) is 0 Å². The summed E-state index contributed by atoms with van der Waals surface area (Å²) < 4.78 is 6.13. The number of hydrogen-bond donors (Lipinski definition) is 1. The minimum atomic E-state index is -0.277. The Morgan fingerprint density at radius 3 is 2.47 bits per heavy atom. The molecule has 17 heavy (non-hydrogen) atoms. The zero-order chi connectivity index (χ0) is 12.4. The van der Waals surface area contributed by atoms with Gasteiger partial charge in [-0.1, -0.05) is 43.7 Å². The van der Waals surface area contributed by atoms with Gasteiger partial charge in [-0.15, -0.1) is 0 Å². The number of unbranched alkanes of at least 4 members (excludes halogenated alkanes) is 1. The Bertz CT molecular complexity index is 360. The van der Waals surface area contributed by atoms with Crippen LogP contribution < -0.4 is 5.32 Å². The lowest BCUT2D eigenvalue weighted by Crippen LogP contribution is -2.46. The summed E-state index contributed by atoms with van der Waals surface area (Å²) >= 11 is 0. The van der Waals surface area contributed by atoms with Gasteiger partial charge in [0.2, 0.25) is 0 Å². The highest BCUT2D eigenvalue weighted by molar-refractivity contribution is 5.24. The van der Waals surface area contributed by atoms with Crippen LogP contribution in [0.15, 0.2) is 30.3 Å². The molecule has 1 aromatic carbocycles. The van der Waals surface area contributed by atoms with Crippen molar-refractivity contribution in [2.24, 2.45) is 0 Å². The van der Waals surface area contributed by atoms with Crippen LogP contribution in [0.1, 0.15) is 45.6 Å². The molecule has 1 aliphatic heterocycles. The van der Waals surface area contributed by atoms with Gasteiger partial charge in [-0.25, -0.2) is 0 Å². The molecular weight excluding hydrogens is 210 g/mol. The Balaban J connectivity index is 2.26. The number of nitrogens with one attached hydrogen (secondary N) is 1. The van der Waals surface area contributed by atoms with Crippen molar-refractivity contribution in [1.29, 1.82) is 0 Å². The maximum absolute atomic E-state index is 6.13. The summed E-state index contributed by atoms with van der Waals surface area (Å²) in [6.07, 6.45) is 3.41. The Hall–Kier alpha value is -0.860. The van der Waals surface area contributed by atoms with Gasteiger partial charge >= 0.3 is 0 Å². The van der Waals surface area contributed by atoms with Gasteiger partial charge in [-0.2, -0.15) is 0 Å². The summed E-state index contributed by atoms with van der Waals surface area (Å²) in [4.78, 5) is 0. The molecule has 1 aromatic rings. The van der Waals surface area contributed by atoms with E-state index in [1.165, 1.54) is 18.4 Å². The first-order chi connectivity index (χ1) is 8.08. The fraction of sp³-hybridized carbons (Fsp3) is 0.600. The van der Waals surface area contributed by atoms with E-state index in [2.05, 4.69) is 56.4 Å². The molecule has 0 spiro atoms. The normalized spacial score (nSPS) is 27.2. The lowest BCUT2D eigenvalue weighted by atomic mass is 9.95. The van der Waals surface area contributed by atoms with Crippen LogP contribution in [0.5, 0.6) is 0 Å². The minimum Gasteiger partial charge on any atom is -0.354 e. The molecular formula is C15H23NO. The Labute approximate surface area is 104 Å². The van der Waals surface area contributed by atoms with Crippen molar-refractivity contribution in [2.75, 3.05) is 6.61 Å². The summed E-state index contributed by atoms with van der Waals surface area (Å²) in [5.41, 5.74) is 1.03. The van der Waals surface area contributed by atoms with E-state index in [9.17, 15) is 0 Å². The first kappa shape index (κ1) is 12.6. The van der Waals surface area contributed by atoms with Gasteiger partial charge < -0.3 is 4.74 Å². The van der Waals surface area contributed by atoms with E-state index in [4.69, 9.17) is 4.74 Å². The minimum absolute atomic E-state index is 0.0591. The zero-order valence-corrected chi connectivity index (χ0v) is 11.1. The van der Waals surface area contributed by atoms with Gasteiger partial charge in [0, 0.05) is 5.54 Å². The standard InChI is InChI=1S/C15H23NO/c1-4-5-11-15(13-9-7-6-8-10-13)16-14(2,3)12-17-15/h6-10,16H,4-5,11-12H2,1-3H3. The van der Waals surface area contributed by atoms with Crippen LogP contribution in [-0.4, -0.2) is 12.1 Å². The summed E-state index contributed by atoms with van der Waals surface area (Å²) in [7, 11) is 0. The van der Waals surface area contributed by atoms with E-state index in [1.54, 1.807) is 0 Å². The molecule has 2 nitrogen and oxygen atoms in total. The first-order valence-electron chi connectivity index (χ1n) is 6.57. The molecule has 1 heterocycles. The van der Waals surface area contributed by atoms with Crippen LogP contribution in [-0.2, 0) is 10.5 Å². The SMILES string of the molecule is CCCCC1(c2ccccc2)NC(C)(C)CO1. The van der Waals surface area contributed by atoms with Crippen molar-refractivity contribution in [1.82, 2.24) is 5.32 Å². The van der Waals surface area contributed by atoms with Gasteiger partial charge in [0.15, 0.2) is 0 Å². The zero-order valence-electron chi connectivity index (χ0n) is 11.1. The number of hydrogen-bond acceptors (Lipinski definition) is 2. The molecule has 2 rings (SSSR count). The summed E-state index contributed by atoms with van der Waals surface area (Å²) in [5.74, 6) is 0. The average Bonchev–Trinajstić information content (AvgIpc) is 2.65. The van der Waals surface area contributed by atoms with Crippen molar-refractivity contribution in [3.8, 4) is 0 Å². The molecule has 0 aliphatic carbocycles. The molecule has 1 atom stereocenters. The monoisotopic (exact) mass is 233 g/mol. The van der Waals surface area contributed by atoms with Gasteiger partial charge in [0.25, 0.3) is 0 Å². The van der Waals surface area contributed by atoms with E-state index in [1.807, 2.05) is 0 Å². The van der Waals surface area contributed by atoms with Gasteiger partial charge in [-0.05, 0) is 32.3 Å². The number of ether oxygens (including phenoxy) is 1. The predicted molar refractivity (Wildman–Crippen MR) is 70.8 cm³/mol. The lowest BCUT2D eigenvalue weighted by Gasteiger charge is -2.31. The fourth-order valence-corrected chi connectivity index (χ4v) is 2.49. The van der Waals surface area contributed by atoms with Crippen LogP contribution >= 0.6 is 0 Å². The summed E-state index contributed by atoms with van der Waals surface area (Å²) in [5, 5.41) is 3.67. The molecule has 0 saturated carbocycles. The highest BCUT2D eigenvalue weighted by atomic mass is 16.5. The van der Waals surface area contributed by atoms with Crippen LogP contribution in [0.25, 0.3) is 0 Å². The topological polar surface area (TPSA) is 21.3 Å². The van der Waals surface area contributed by atoms with Crippen LogP contribution in [0.2, 0.25) is 0 Å². The van der Waals surface area contributed by atoms with Crippen LogP contribution in [0.3, 0.4) is 0 Å². The second-order valence-electron chi connectivity index (χ2n) is 5.59. The molecule has 1 unspecified atom stereocenters. The van der Waals surface area contributed by atoms with Crippen molar-refractivity contribution < 1.29 is 4.74 Å². The highest BCUT2D eigenvalue weighted by Gasteiger charge is 2.44. The quantitative estimate of drug-likeness (QED) is 0.860. The van der Waals surface area contributed by atoms with E-state index >= 15 is 0 Å². The molecule has 0 aromatic heterocycles. The second kappa shape index (κ2) is 4.79. The third-order valence-corrected chi connectivity index (χ3v) is 3.34. The molecule has 1 saturated heterocycles. The average molecular weight is 233 g/mol.